The zero-order valence-corrected chi connectivity index (χ0v) is 37.6. The predicted molar refractivity (Wildman–Crippen MR) is 223 cm³/mol. The fraction of sp³-hybridized carbons (Fsp3) is 0.900. The maximum absolute atomic E-state index is 12.5. The van der Waals surface area contributed by atoms with Crippen molar-refractivity contribution in [2.45, 2.75) is 175 Å². The number of amides is 5. The first-order valence-corrected chi connectivity index (χ1v) is 23.1. The van der Waals surface area contributed by atoms with E-state index in [2.05, 4.69) is 26.6 Å². The number of aliphatic hydroxyl groups is 6. The Bertz CT molecular complexity index is 1490. The summed E-state index contributed by atoms with van der Waals surface area (Å²) >= 11 is 1.85. The molecule has 5 aliphatic heterocycles. The number of rotatable bonds is 24. The SMILES string of the molecule is CO[C@@H]1[C@H](O)[C@@H](O[C@H]2O[C@H](C)[C@H](O)[C@H](O)[C@H]2OC)[C@H](O[C@H]2[C@@H](O)[C@@H](CO)O[C@H](OCCCCCC(=O)NCCNC(=O)CCCC[C@@H]3SC[C@@H]4NC(=O)N[C@@H]43)[C@@H]2NC(C)=O)O[C@@H]1CO. The first kappa shape index (κ1) is 52.4. The Morgan fingerprint density at radius 1 is 0.734 bits per heavy atom. The van der Waals surface area contributed by atoms with Crippen LogP contribution >= 0.6 is 11.8 Å². The minimum atomic E-state index is -1.61. The standard InChI is InChI=1S/C40H69N5O18S/c1-19-29(51)31(53)35(57-4)38(59-19)63-36-32(54)33(56-3)23(17-47)61-39(36)62-34-28(43-20(2)48)37(60-22(16-46)30(34)52)58-15-9-5-6-11-25(49)41-13-14-42-26(50)12-8-7-10-24-27-21(18-64-24)44-40(55)45-27/h19,21-24,27-39,46-47,51-54H,5-18H2,1-4H3,(H,41,49)(H,42,50)(H,43,48)(H2,44,45,55)/t19-,21+,22-,23-,24+,27+,28-,29+,30+,31+,32+,33+,34-,35-,36-,37+,38-,39+/m1/s1. The Morgan fingerprint density at radius 3 is 2.00 bits per heavy atom. The number of methoxy groups -OCH3 is 2. The molecule has 368 valence electrons. The van der Waals surface area contributed by atoms with Crippen LogP contribution in [0.25, 0.3) is 0 Å². The van der Waals surface area contributed by atoms with Crippen molar-refractivity contribution in [1.82, 2.24) is 26.6 Å². The molecule has 5 aliphatic rings. The van der Waals surface area contributed by atoms with E-state index >= 15 is 0 Å². The molecule has 23 nitrogen and oxygen atoms in total. The van der Waals surface area contributed by atoms with E-state index in [0.29, 0.717) is 37.5 Å². The lowest BCUT2D eigenvalue weighted by molar-refractivity contribution is -0.383. The van der Waals surface area contributed by atoms with Gasteiger partial charge in [-0.3, -0.25) is 14.4 Å². The molecule has 0 saturated carbocycles. The van der Waals surface area contributed by atoms with Gasteiger partial charge in [0.15, 0.2) is 18.9 Å². The first-order valence-electron chi connectivity index (χ1n) is 22.1. The average molecular weight is 940 g/mol. The minimum absolute atomic E-state index is 0.0823. The van der Waals surface area contributed by atoms with Crippen LogP contribution in [0.15, 0.2) is 0 Å². The van der Waals surface area contributed by atoms with Gasteiger partial charge in [-0.1, -0.05) is 12.8 Å². The van der Waals surface area contributed by atoms with Crippen LogP contribution in [-0.4, -0.2) is 217 Å². The lowest BCUT2D eigenvalue weighted by atomic mass is 9.95. The van der Waals surface area contributed by atoms with E-state index < -0.39 is 111 Å². The fourth-order valence-electron chi connectivity index (χ4n) is 8.64. The van der Waals surface area contributed by atoms with E-state index in [1.165, 1.54) is 28.1 Å². The number of fused-ring (bicyclic) bond motifs is 1. The summed E-state index contributed by atoms with van der Waals surface area (Å²) in [6, 6.07) is -1.00. The molecule has 0 unspecified atom stereocenters. The van der Waals surface area contributed by atoms with E-state index in [1.807, 2.05) is 11.8 Å². The zero-order valence-electron chi connectivity index (χ0n) is 36.8. The third-order valence-corrected chi connectivity index (χ3v) is 13.6. The number of unbranched alkanes of at least 4 members (excludes halogenated alkanes) is 3. The highest BCUT2D eigenvalue weighted by atomic mass is 32.2. The number of hydrogen-bond donors (Lipinski definition) is 11. The number of carbonyl (C=O) groups is 4. The number of ether oxygens (including phenoxy) is 8. The molecule has 24 heteroatoms. The topological polar surface area (TPSA) is 324 Å². The molecule has 64 heavy (non-hydrogen) atoms. The monoisotopic (exact) mass is 939 g/mol. The maximum atomic E-state index is 12.5. The van der Waals surface area contributed by atoms with Gasteiger partial charge in [0.25, 0.3) is 0 Å². The molecule has 0 spiro atoms. The zero-order chi connectivity index (χ0) is 46.5. The molecule has 0 bridgehead atoms. The number of urea groups is 1. The van der Waals surface area contributed by atoms with Gasteiger partial charge < -0.3 is 95.1 Å². The highest BCUT2D eigenvalue weighted by Gasteiger charge is 2.55. The largest absolute Gasteiger partial charge is 0.394 e. The molecule has 5 heterocycles. The summed E-state index contributed by atoms with van der Waals surface area (Å²) in [6.07, 6.45) is -14.2. The number of nitrogens with one attached hydrogen (secondary N) is 5. The fourth-order valence-corrected chi connectivity index (χ4v) is 10.2. The highest BCUT2D eigenvalue weighted by molar-refractivity contribution is 8.00. The number of hydrogen-bond acceptors (Lipinski definition) is 19. The highest BCUT2D eigenvalue weighted by Crippen LogP contribution is 2.35. The Kier molecular flexibility index (Phi) is 20.9. The van der Waals surface area contributed by atoms with Crippen molar-refractivity contribution in [2.75, 3.05) is 52.9 Å². The first-order chi connectivity index (χ1) is 30.7. The Morgan fingerprint density at radius 2 is 1.36 bits per heavy atom. The van der Waals surface area contributed by atoms with Gasteiger partial charge >= 0.3 is 6.03 Å². The Hall–Kier alpha value is -2.53. The van der Waals surface area contributed by atoms with Crippen molar-refractivity contribution in [3.05, 3.63) is 0 Å². The molecule has 5 amide bonds. The van der Waals surface area contributed by atoms with Crippen LogP contribution in [0, 0.1) is 0 Å². The molecule has 5 saturated heterocycles. The van der Waals surface area contributed by atoms with Crippen molar-refractivity contribution in [1.29, 1.82) is 0 Å². The van der Waals surface area contributed by atoms with Crippen LogP contribution < -0.4 is 26.6 Å². The van der Waals surface area contributed by atoms with Crippen molar-refractivity contribution in [3.63, 3.8) is 0 Å². The minimum Gasteiger partial charge on any atom is -0.394 e. The van der Waals surface area contributed by atoms with Gasteiger partial charge in [-0.05, 0) is 32.6 Å². The lowest BCUT2D eigenvalue weighted by Gasteiger charge is -2.50. The molecule has 0 aromatic carbocycles. The van der Waals surface area contributed by atoms with Gasteiger partial charge in [0, 0.05) is 64.7 Å². The molecule has 0 aromatic heterocycles. The van der Waals surface area contributed by atoms with E-state index in [1.54, 1.807) is 0 Å². The maximum Gasteiger partial charge on any atom is 0.315 e. The van der Waals surface area contributed by atoms with Crippen molar-refractivity contribution in [2.24, 2.45) is 0 Å². The normalized spacial score (nSPS) is 38.5. The average Bonchev–Trinajstić information content (AvgIpc) is 3.83. The molecule has 18 atom stereocenters. The Balaban J connectivity index is 1.07. The van der Waals surface area contributed by atoms with Crippen molar-refractivity contribution < 1.29 is 87.7 Å². The van der Waals surface area contributed by atoms with Gasteiger partial charge in [-0.15, -0.1) is 0 Å². The quantitative estimate of drug-likeness (QED) is 0.0330. The van der Waals surface area contributed by atoms with Crippen LogP contribution in [0.2, 0.25) is 0 Å². The molecular weight excluding hydrogens is 871 g/mol. The summed E-state index contributed by atoms with van der Waals surface area (Å²) in [7, 11) is 2.55. The molecule has 5 fully saturated rings. The van der Waals surface area contributed by atoms with Gasteiger partial charge in [0.05, 0.1) is 31.4 Å². The number of carbonyl (C=O) groups excluding carboxylic acids is 4. The summed E-state index contributed by atoms with van der Waals surface area (Å²) in [5.74, 6) is 0.0920. The van der Waals surface area contributed by atoms with E-state index in [-0.39, 0.29) is 49.5 Å². The molecule has 5 rings (SSSR count). The van der Waals surface area contributed by atoms with Gasteiger partial charge in [0.1, 0.15) is 67.1 Å². The van der Waals surface area contributed by atoms with Crippen LogP contribution in [0.4, 0.5) is 4.79 Å². The molecule has 0 aromatic rings. The summed E-state index contributed by atoms with van der Waals surface area (Å²) in [4.78, 5) is 48.8. The lowest BCUT2D eigenvalue weighted by Crippen LogP contribution is -2.69. The molecule has 11 N–H and O–H groups in total. The summed E-state index contributed by atoms with van der Waals surface area (Å²) < 4.78 is 46.9. The number of thioether (sulfide) groups is 1. The molecule has 0 aliphatic carbocycles. The summed E-state index contributed by atoms with van der Waals surface area (Å²) in [6.45, 7) is 2.08. The summed E-state index contributed by atoms with van der Waals surface area (Å²) in [5.41, 5.74) is 0. The third-order valence-electron chi connectivity index (χ3n) is 12.1. The van der Waals surface area contributed by atoms with Crippen molar-refractivity contribution >= 4 is 35.5 Å². The second kappa shape index (κ2) is 25.6. The molecular formula is C40H69N5O18S. The second-order valence-corrected chi connectivity index (χ2v) is 18.0. The predicted octanol–water partition coefficient (Wildman–Crippen LogP) is -3.55. The second-order valence-electron chi connectivity index (χ2n) is 16.7. The number of aliphatic hydroxyl groups excluding tert-OH is 6. The molecule has 0 radical (unpaired) electrons. The Labute approximate surface area is 376 Å². The van der Waals surface area contributed by atoms with Crippen LogP contribution in [-0.2, 0) is 52.3 Å². The van der Waals surface area contributed by atoms with Crippen LogP contribution in [0.5, 0.6) is 0 Å². The smallest absolute Gasteiger partial charge is 0.315 e. The van der Waals surface area contributed by atoms with Gasteiger partial charge in [0.2, 0.25) is 17.7 Å². The van der Waals surface area contributed by atoms with Crippen molar-refractivity contribution in [3.8, 4) is 0 Å². The van der Waals surface area contributed by atoms with E-state index in [4.69, 9.17) is 37.9 Å². The van der Waals surface area contributed by atoms with Gasteiger partial charge in [-0.2, -0.15) is 11.8 Å². The van der Waals surface area contributed by atoms with Crippen LogP contribution in [0.3, 0.4) is 0 Å². The third kappa shape index (κ3) is 13.8. The summed E-state index contributed by atoms with van der Waals surface area (Å²) in [5, 5.41) is 78.9. The van der Waals surface area contributed by atoms with E-state index in [0.717, 1.165) is 25.0 Å². The van der Waals surface area contributed by atoms with Crippen LogP contribution in [0.1, 0.15) is 65.2 Å². The van der Waals surface area contributed by atoms with E-state index in [9.17, 15) is 49.8 Å². The van der Waals surface area contributed by atoms with Gasteiger partial charge in [-0.25, -0.2) is 4.79 Å².